The molecule has 138 valence electrons. The van der Waals surface area contributed by atoms with E-state index in [0.717, 1.165) is 25.2 Å². The average Bonchev–Trinajstić information content (AvgIpc) is 2.67. The van der Waals surface area contributed by atoms with Crippen LogP contribution in [0.1, 0.15) is 47.5 Å². The molecule has 0 saturated heterocycles. The minimum atomic E-state index is -0.390. The zero-order chi connectivity index (χ0) is 18.9. The number of ether oxygens (including phenoxy) is 1. The van der Waals surface area contributed by atoms with Crippen LogP contribution in [0, 0.1) is 0 Å². The van der Waals surface area contributed by atoms with Crippen LogP contribution in [0.25, 0.3) is 0 Å². The Balaban J connectivity index is 1.98. The third-order valence-electron chi connectivity index (χ3n) is 3.76. The van der Waals surface area contributed by atoms with E-state index in [1.165, 1.54) is 6.20 Å². The monoisotopic (exact) mass is 356 g/mol. The van der Waals surface area contributed by atoms with Crippen LogP contribution in [-0.2, 0) is 4.74 Å². The molecule has 0 radical (unpaired) electrons. The van der Waals surface area contributed by atoms with Crippen LogP contribution in [0.4, 0.5) is 11.5 Å². The maximum absolute atomic E-state index is 12.3. The minimum Gasteiger partial charge on any atom is -0.462 e. The Hall–Kier alpha value is -2.96. The second-order valence-corrected chi connectivity index (χ2v) is 5.79. The van der Waals surface area contributed by atoms with Gasteiger partial charge in [-0.15, -0.1) is 0 Å². The quantitative estimate of drug-likeness (QED) is 0.732. The van der Waals surface area contributed by atoms with Crippen molar-refractivity contribution in [3.05, 3.63) is 47.9 Å². The van der Waals surface area contributed by atoms with E-state index in [4.69, 9.17) is 4.74 Å². The molecule has 7 nitrogen and oxygen atoms in total. The largest absolute Gasteiger partial charge is 0.462 e. The molecule has 1 N–H and O–H groups in total. The van der Waals surface area contributed by atoms with Crippen molar-refractivity contribution in [2.45, 2.75) is 26.7 Å². The molecule has 0 bridgehead atoms. The van der Waals surface area contributed by atoms with Crippen molar-refractivity contribution in [2.24, 2.45) is 0 Å². The highest BCUT2D eigenvalue weighted by atomic mass is 16.5. The first-order valence-corrected chi connectivity index (χ1v) is 8.66. The molecule has 0 spiro atoms. The smallest absolute Gasteiger partial charge is 0.338 e. The normalized spacial score (nSPS) is 10.3. The summed E-state index contributed by atoms with van der Waals surface area (Å²) in [7, 11) is 1.95. The van der Waals surface area contributed by atoms with Crippen molar-refractivity contribution in [1.29, 1.82) is 0 Å². The van der Waals surface area contributed by atoms with Crippen LogP contribution in [0.3, 0.4) is 0 Å². The van der Waals surface area contributed by atoms with Crippen molar-refractivity contribution >= 4 is 23.4 Å². The average molecular weight is 356 g/mol. The van der Waals surface area contributed by atoms with Gasteiger partial charge in [0.2, 0.25) is 0 Å². The van der Waals surface area contributed by atoms with Crippen LogP contribution in [0.15, 0.2) is 36.7 Å². The number of esters is 1. The first-order chi connectivity index (χ1) is 12.5. The molecule has 0 aliphatic carbocycles. The van der Waals surface area contributed by atoms with Gasteiger partial charge < -0.3 is 15.0 Å². The lowest BCUT2D eigenvalue weighted by molar-refractivity contribution is 0.0526. The van der Waals surface area contributed by atoms with Crippen molar-refractivity contribution in [2.75, 3.05) is 30.4 Å². The van der Waals surface area contributed by atoms with E-state index < -0.39 is 0 Å². The summed E-state index contributed by atoms with van der Waals surface area (Å²) in [5.74, 6) is -0.0167. The first kappa shape index (κ1) is 19.4. The van der Waals surface area contributed by atoms with Gasteiger partial charge in [0.05, 0.1) is 24.6 Å². The molecule has 1 heterocycles. The van der Waals surface area contributed by atoms with Gasteiger partial charge in [-0.3, -0.25) is 4.79 Å². The van der Waals surface area contributed by atoms with Gasteiger partial charge in [0.1, 0.15) is 11.5 Å². The summed E-state index contributed by atoms with van der Waals surface area (Å²) in [4.78, 5) is 34.4. The van der Waals surface area contributed by atoms with E-state index >= 15 is 0 Å². The lowest BCUT2D eigenvalue weighted by atomic mass is 10.2. The molecule has 1 aromatic carbocycles. The van der Waals surface area contributed by atoms with Crippen LogP contribution in [0.5, 0.6) is 0 Å². The van der Waals surface area contributed by atoms with E-state index in [1.54, 1.807) is 37.4 Å². The number of benzene rings is 1. The van der Waals surface area contributed by atoms with Gasteiger partial charge in [-0.1, -0.05) is 13.3 Å². The molecule has 1 aromatic heterocycles. The molecule has 0 saturated carbocycles. The lowest BCUT2D eigenvalue weighted by Gasteiger charge is -2.17. The Morgan fingerprint density at radius 1 is 1.12 bits per heavy atom. The van der Waals surface area contributed by atoms with E-state index in [2.05, 4.69) is 22.2 Å². The molecule has 0 aliphatic heterocycles. The maximum Gasteiger partial charge on any atom is 0.338 e. The summed E-state index contributed by atoms with van der Waals surface area (Å²) in [6, 6.07) is 6.49. The van der Waals surface area contributed by atoms with Gasteiger partial charge >= 0.3 is 5.97 Å². The topological polar surface area (TPSA) is 84.4 Å². The zero-order valence-corrected chi connectivity index (χ0v) is 15.4. The minimum absolute atomic E-state index is 0.229. The number of nitrogens with one attached hydrogen (secondary N) is 1. The predicted octanol–water partition coefficient (Wildman–Crippen LogP) is 3.14. The standard InChI is InChI=1S/C19H24N4O3/c1-4-6-11-23(3)17-13-20-16(12-21-17)18(24)22-15-9-7-14(8-10-15)19(25)26-5-2/h7-10,12-13H,4-6,11H2,1-3H3,(H,22,24). The third-order valence-corrected chi connectivity index (χ3v) is 3.76. The number of hydrogen-bond acceptors (Lipinski definition) is 6. The van der Waals surface area contributed by atoms with E-state index in [-0.39, 0.29) is 17.6 Å². The van der Waals surface area contributed by atoms with Crippen molar-refractivity contribution < 1.29 is 14.3 Å². The van der Waals surface area contributed by atoms with E-state index in [1.807, 2.05) is 11.9 Å². The number of carbonyl (C=O) groups excluding carboxylic acids is 2. The number of amides is 1. The Bertz CT molecular complexity index is 729. The van der Waals surface area contributed by atoms with Crippen molar-refractivity contribution in [1.82, 2.24) is 9.97 Å². The predicted molar refractivity (Wildman–Crippen MR) is 101 cm³/mol. The summed E-state index contributed by atoms with van der Waals surface area (Å²) in [6.07, 6.45) is 5.23. The second kappa shape index (κ2) is 9.50. The summed E-state index contributed by atoms with van der Waals surface area (Å²) in [5, 5.41) is 2.73. The van der Waals surface area contributed by atoms with E-state index in [9.17, 15) is 9.59 Å². The Morgan fingerprint density at radius 2 is 1.85 bits per heavy atom. The highest BCUT2D eigenvalue weighted by Gasteiger charge is 2.11. The number of hydrogen-bond donors (Lipinski definition) is 1. The molecule has 0 unspecified atom stereocenters. The van der Waals surface area contributed by atoms with Crippen molar-refractivity contribution in [3.8, 4) is 0 Å². The van der Waals surface area contributed by atoms with Crippen LogP contribution < -0.4 is 10.2 Å². The Morgan fingerprint density at radius 3 is 2.42 bits per heavy atom. The maximum atomic E-state index is 12.3. The number of rotatable bonds is 8. The fourth-order valence-electron chi connectivity index (χ4n) is 2.24. The highest BCUT2D eigenvalue weighted by molar-refractivity contribution is 6.03. The number of nitrogens with zero attached hydrogens (tertiary/aromatic N) is 3. The fraction of sp³-hybridized carbons (Fsp3) is 0.368. The van der Waals surface area contributed by atoms with Gasteiger partial charge in [0.25, 0.3) is 5.91 Å². The fourth-order valence-corrected chi connectivity index (χ4v) is 2.24. The SMILES string of the molecule is CCCCN(C)c1cnc(C(=O)Nc2ccc(C(=O)OCC)cc2)cn1. The van der Waals surface area contributed by atoms with Gasteiger partial charge in [0.15, 0.2) is 0 Å². The molecule has 2 rings (SSSR count). The van der Waals surface area contributed by atoms with Gasteiger partial charge in [-0.2, -0.15) is 0 Å². The summed E-state index contributed by atoms with van der Waals surface area (Å²) >= 11 is 0. The highest BCUT2D eigenvalue weighted by Crippen LogP contribution is 2.13. The van der Waals surface area contributed by atoms with Crippen LogP contribution in [-0.4, -0.2) is 42.0 Å². The Kier molecular flexibility index (Phi) is 7.08. The van der Waals surface area contributed by atoms with Gasteiger partial charge in [0, 0.05) is 19.3 Å². The van der Waals surface area contributed by atoms with Gasteiger partial charge in [-0.05, 0) is 37.6 Å². The summed E-state index contributed by atoms with van der Waals surface area (Å²) < 4.78 is 4.92. The second-order valence-electron chi connectivity index (χ2n) is 5.79. The molecule has 0 aliphatic rings. The van der Waals surface area contributed by atoms with Crippen molar-refractivity contribution in [3.63, 3.8) is 0 Å². The summed E-state index contributed by atoms with van der Waals surface area (Å²) in [6.45, 7) is 5.09. The van der Waals surface area contributed by atoms with E-state index in [0.29, 0.717) is 17.9 Å². The van der Waals surface area contributed by atoms with Crippen LogP contribution >= 0.6 is 0 Å². The first-order valence-electron chi connectivity index (χ1n) is 8.66. The molecule has 2 aromatic rings. The number of aromatic nitrogens is 2. The van der Waals surface area contributed by atoms with Gasteiger partial charge in [-0.25, -0.2) is 14.8 Å². The molecule has 0 fully saturated rings. The molecule has 26 heavy (non-hydrogen) atoms. The third kappa shape index (κ3) is 5.27. The molecule has 0 atom stereocenters. The zero-order valence-electron chi connectivity index (χ0n) is 15.4. The van der Waals surface area contributed by atoms with Crippen LogP contribution in [0.2, 0.25) is 0 Å². The number of carbonyl (C=O) groups is 2. The molecular formula is C19H24N4O3. The molecular weight excluding hydrogens is 332 g/mol. The number of anilines is 2. The number of unbranched alkanes of at least 4 members (excludes halogenated alkanes) is 1. The molecule has 1 amide bonds. The summed E-state index contributed by atoms with van der Waals surface area (Å²) in [5.41, 5.74) is 1.23. The Labute approximate surface area is 153 Å². The molecule has 7 heteroatoms. The lowest BCUT2D eigenvalue weighted by Crippen LogP contribution is -2.21.